The third kappa shape index (κ3) is 1.49. The van der Waals surface area contributed by atoms with Crippen LogP contribution < -0.4 is 0 Å². The molecule has 1 heterocycles. The van der Waals surface area contributed by atoms with Crippen molar-refractivity contribution in [1.82, 2.24) is 0 Å². The predicted molar refractivity (Wildman–Crippen MR) is 56.7 cm³/mol. The average molecular weight is 249 g/mol. The van der Waals surface area contributed by atoms with Gasteiger partial charge in [0.15, 0.2) is 5.78 Å². The molecule has 1 aliphatic rings. The van der Waals surface area contributed by atoms with E-state index in [1.54, 1.807) is 12.1 Å². The highest BCUT2D eigenvalue weighted by Gasteiger charge is 2.27. The van der Waals surface area contributed by atoms with Crippen LogP contribution in [0.1, 0.15) is 16.8 Å². The number of Topliss-reactive ketones (excluding diaryl/α,β-unsaturated/α-hetero) is 1. The summed E-state index contributed by atoms with van der Waals surface area (Å²) < 4.78 is 11.6. The highest BCUT2D eigenvalue weighted by molar-refractivity contribution is 7.85. The number of carbonyl (C=O) groups is 1. The molecule has 74 valence electrons. The third-order valence-electron chi connectivity index (χ3n) is 2.08. The molecule has 0 amide bonds. The van der Waals surface area contributed by atoms with Gasteiger partial charge >= 0.3 is 0 Å². The minimum Gasteiger partial charge on any atom is -0.294 e. The largest absolute Gasteiger partial charge is 0.294 e. The van der Waals surface area contributed by atoms with Crippen LogP contribution in [0.4, 0.5) is 0 Å². The Balaban J connectivity index is 2.77. The second kappa shape index (κ2) is 3.65. The minimum absolute atomic E-state index is 0.0768. The molecule has 0 bridgehead atoms. The van der Waals surface area contributed by atoms with E-state index in [9.17, 15) is 9.00 Å². The Morgan fingerprint density at radius 2 is 1.86 bits per heavy atom. The zero-order valence-electron chi connectivity index (χ0n) is 7.05. The van der Waals surface area contributed by atoms with E-state index in [1.165, 1.54) is 0 Å². The first-order valence-corrected chi connectivity index (χ1v) is 6.08. The van der Waals surface area contributed by atoms with Crippen LogP contribution in [-0.4, -0.2) is 15.7 Å². The van der Waals surface area contributed by atoms with E-state index < -0.39 is 10.8 Å². The summed E-state index contributed by atoms with van der Waals surface area (Å²) in [6, 6.07) is 3.13. The van der Waals surface area contributed by atoms with Crippen LogP contribution >= 0.6 is 23.2 Å². The van der Waals surface area contributed by atoms with Crippen molar-refractivity contribution in [3.8, 4) is 0 Å². The van der Waals surface area contributed by atoms with Gasteiger partial charge in [-0.2, -0.15) is 0 Å². The fraction of sp³-hybridized carbons (Fsp3) is 0.222. The molecule has 1 aromatic carbocycles. The quantitative estimate of drug-likeness (QED) is 0.708. The number of fused-ring (bicyclic) bond motifs is 1. The average Bonchev–Trinajstić information content (AvgIpc) is 2.16. The number of rotatable bonds is 0. The molecule has 1 aromatic rings. The minimum atomic E-state index is -1.19. The number of ketones is 1. The van der Waals surface area contributed by atoms with E-state index >= 15 is 0 Å². The topological polar surface area (TPSA) is 34.1 Å². The molecule has 0 saturated carbocycles. The van der Waals surface area contributed by atoms with E-state index in [0.717, 1.165) is 0 Å². The predicted octanol–water partition coefficient (Wildman–Crippen LogP) is 2.69. The molecule has 1 aliphatic heterocycles. The molecule has 2 nitrogen and oxygen atoms in total. The molecule has 2 rings (SSSR count). The maximum absolute atomic E-state index is 11.6. The van der Waals surface area contributed by atoms with E-state index in [-0.39, 0.29) is 12.2 Å². The molecule has 5 heteroatoms. The van der Waals surface area contributed by atoms with Crippen molar-refractivity contribution in [2.75, 3.05) is 5.75 Å². The molecule has 0 spiro atoms. The van der Waals surface area contributed by atoms with Crippen LogP contribution in [0.15, 0.2) is 17.0 Å². The van der Waals surface area contributed by atoms with Crippen molar-refractivity contribution < 1.29 is 9.00 Å². The molecule has 1 unspecified atom stereocenters. The smallest absolute Gasteiger partial charge is 0.166 e. The summed E-state index contributed by atoms with van der Waals surface area (Å²) in [5.41, 5.74) is 0.337. The maximum atomic E-state index is 11.6. The molecular formula is C9H6Cl2O2S. The Labute approximate surface area is 93.7 Å². The first-order chi connectivity index (χ1) is 6.61. The molecule has 0 radical (unpaired) electrons. The van der Waals surface area contributed by atoms with Crippen LogP contribution in [0.25, 0.3) is 0 Å². The molecule has 0 fully saturated rings. The Morgan fingerprint density at radius 3 is 2.50 bits per heavy atom. The van der Waals surface area contributed by atoms with Crippen LogP contribution in [0.3, 0.4) is 0 Å². The summed E-state index contributed by atoms with van der Waals surface area (Å²) in [4.78, 5) is 11.9. The van der Waals surface area contributed by atoms with Gasteiger partial charge in [0.1, 0.15) is 0 Å². The van der Waals surface area contributed by atoms with Crippen LogP contribution in [0.2, 0.25) is 10.0 Å². The number of hydrogen-bond acceptors (Lipinski definition) is 2. The molecule has 14 heavy (non-hydrogen) atoms. The summed E-state index contributed by atoms with van der Waals surface area (Å²) in [5.74, 6) is 0.262. The summed E-state index contributed by atoms with van der Waals surface area (Å²) >= 11 is 11.7. The van der Waals surface area contributed by atoms with Crippen molar-refractivity contribution in [2.45, 2.75) is 11.3 Å². The fourth-order valence-corrected chi connectivity index (χ4v) is 3.47. The lowest BCUT2D eigenvalue weighted by molar-refractivity contribution is 0.0984. The Hall–Kier alpha value is -0.380. The SMILES string of the molecule is O=C1CCS(=O)c2c(Cl)ccc(Cl)c21. The summed E-state index contributed by atoms with van der Waals surface area (Å²) in [6.07, 6.45) is 0.277. The summed E-state index contributed by atoms with van der Waals surface area (Å²) in [5, 5.41) is 0.693. The number of benzene rings is 1. The zero-order valence-corrected chi connectivity index (χ0v) is 9.38. The van der Waals surface area contributed by atoms with Crippen molar-refractivity contribution in [2.24, 2.45) is 0 Å². The Bertz CT molecular complexity index is 402. The Morgan fingerprint density at radius 1 is 1.21 bits per heavy atom. The van der Waals surface area contributed by atoms with Gasteiger partial charge in [-0.15, -0.1) is 0 Å². The van der Waals surface area contributed by atoms with Gasteiger partial charge < -0.3 is 0 Å². The van der Waals surface area contributed by atoms with Crippen molar-refractivity contribution in [1.29, 1.82) is 0 Å². The van der Waals surface area contributed by atoms with Crippen molar-refractivity contribution >= 4 is 39.8 Å². The maximum Gasteiger partial charge on any atom is 0.166 e. The van der Waals surface area contributed by atoms with Gasteiger partial charge in [0.05, 0.1) is 31.3 Å². The number of hydrogen-bond donors (Lipinski definition) is 0. The number of carbonyl (C=O) groups excluding carboxylic acids is 1. The van der Waals surface area contributed by atoms with Gasteiger partial charge in [-0.3, -0.25) is 9.00 Å². The van der Waals surface area contributed by atoms with E-state index in [2.05, 4.69) is 0 Å². The number of halogens is 2. The normalized spacial score (nSPS) is 20.7. The van der Waals surface area contributed by atoms with Crippen molar-refractivity contribution in [3.63, 3.8) is 0 Å². The first-order valence-electron chi connectivity index (χ1n) is 4.01. The van der Waals surface area contributed by atoms with E-state index in [4.69, 9.17) is 23.2 Å². The van der Waals surface area contributed by atoms with Gasteiger partial charge in [-0.1, -0.05) is 23.2 Å². The van der Waals surface area contributed by atoms with Crippen molar-refractivity contribution in [3.05, 3.63) is 27.7 Å². The lowest BCUT2D eigenvalue weighted by Crippen LogP contribution is -2.17. The van der Waals surface area contributed by atoms with Gasteiger partial charge in [0, 0.05) is 12.2 Å². The zero-order chi connectivity index (χ0) is 10.3. The fourth-order valence-electron chi connectivity index (χ4n) is 1.43. The monoisotopic (exact) mass is 248 g/mol. The van der Waals surface area contributed by atoms with Gasteiger partial charge in [-0.05, 0) is 12.1 Å². The molecule has 0 aliphatic carbocycles. The van der Waals surface area contributed by atoms with E-state index in [0.29, 0.717) is 26.3 Å². The lowest BCUT2D eigenvalue weighted by atomic mass is 10.1. The molecule has 0 N–H and O–H groups in total. The molecule has 1 atom stereocenters. The first kappa shape index (κ1) is 10.1. The van der Waals surface area contributed by atoms with Gasteiger partial charge in [0.25, 0.3) is 0 Å². The highest BCUT2D eigenvalue weighted by atomic mass is 35.5. The molecular weight excluding hydrogens is 243 g/mol. The molecule has 0 saturated heterocycles. The molecule has 0 aromatic heterocycles. The van der Waals surface area contributed by atoms with Gasteiger partial charge in [0.2, 0.25) is 0 Å². The summed E-state index contributed by atoms with van der Waals surface area (Å²) in [6.45, 7) is 0. The third-order valence-corrected chi connectivity index (χ3v) is 4.28. The van der Waals surface area contributed by atoms with Gasteiger partial charge in [-0.25, -0.2) is 0 Å². The second-order valence-electron chi connectivity index (χ2n) is 2.96. The van der Waals surface area contributed by atoms with Crippen LogP contribution in [-0.2, 0) is 10.8 Å². The second-order valence-corrected chi connectivity index (χ2v) is 5.28. The highest BCUT2D eigenvalue weighted by Crippen LogP contribution is 2.33. The standard InChI is InChI=1S/C9H6Cl2O2S/c10-5-1-2-6(11)9-8(5)7(12)3-4-14(9)13/h1-2H,3-4H2. The Kier molecular flexibility index (Phi) is 2.64. The van der Waals surface area contributed by atoms with E-state index in [1.807, 2.05) is 0 Å². The summed E-state index contributed by atoms with van der Waals surface area (Å²) in [7, 11) is -1.19. The van der Waals surface area contributed by atoms with Crippen LogP contribution in [0, 0.1) is 0 Å². The lowest BCUT2D eigenvalue weighted by Gasteiger charge is -2.16. The van der Waals surface area contributed by atoms with Crippen LogP contribution in [0.5, 0.6) is 0 Å².